The maximum absolute atomic E-state index is 5.63. The van der Waals surface area contributed by atoms with Crippen LogP contribution in [0.5, 0.6) is 11.5 Å². The van der Waals surface area contributed by atoms with Crippen LogP contribution in [-0.4, -0.2) is 23.8 Å². The van der Waals surface area contributed by atoms with Gasteiger partial charge in [0, 0.05) is 11.6 Å². The lowest BCUT2D eigenvalue weighted by atomic mass is 10.2. The van der Waals surface area contributed by atoms with E-state index in [4.69, 9.17) is 18.9 Å². The Morgan fingerprint density at radius 3 is 2.71 bits per heavy atom. The van der Waals surface area contributed by atoms with Crippen molar-refractivity contribution in [3.05, 3.63) is 76.9 Å². The summed E-state index contributed by atoms with van der Waals surface area (Å²) in [5.41, 5.74) is 2.83. The van der Waals surface area contributed by atoms with Crippen molar-refractivity contribution in [3.8, 4) is 23.0 Å². The van der Waals surface area contributed by atoms with Crippen LogP contribution in [0.4, 0.5) is 5.69 Å². The van der Waals surface area contributed by atoms with Crippen molar-refractivity contribution in [3.63, 3.8) is 0 Å². The number of hydrogen-bond acceptors (Lipinski definition) is 6. The van der Waals surface area contributed by atoms with Gasteiger partial charge < -0.3 is 18.5 Å². The Balaban J connectivity index is 1.80. The minimum Gasteiger partial charge on any atom is -0.493 e. The summed E-state index contributed by atoms with van der Waals surface area (Å²) in [4.78, 5) is 9.77. The molecule has 7 heteroatoms. The molecule has 4 rings (SSSR count). The summed E-state index contributed by atoms with van der Waals surface area (Å²) in [6, 6.07) is 13.5. The topological polar surface area (TPSA) is 61.8 Å². The predicted octanol–water partition coefficient (Wildman–Crippen LogP) is 4.50. The molecule has 4 aromatic rings. The fourth-order valence-corrected chi connectivity index (χ4v) is 3.79. The van der Waals surface area contributed by atoms with Gasteiger partial charge in [0.25, 0.3) is 0 Å². The SMILES string of the molecule is COc1ccc(Cn2c(-c3ccco3)csc2=Nc2cccnc2)cc1OC. The first kappa shape index (κ1) is 18.1. The molecular weight excluding hydrogens is 374 g/mol. The lowest BCUT2D eigenvalue weighted by molar-refractivity contribution is 0.354. The van der Waals surface area contributed by atoms with E-state index in [1.165, 1.54) is 0 Å². The molecule has 0 spiro atoms. The Labute approximate surface area is 166 Å². The second-order valence-corrected chi connectivity index (χ2v) is 6.82. The average Bonchev–Trinajstić information content (AvgIpc) is 3.39. The highest BCUT2D eigenvalue weighted by molar-refractivity contribution is 7.07. The normalized spacial score (nSPS) is 11.6. The molecule has 28 heavy (non-hydrogen) atoms. The standard InChI is InChI=1S/C21H19N3O3S/c1-25-19-8-7-15(11-20(19)26-2)13-24-17(18-6-4-10-27-18)14-28-21(24)23-16-5-3-9-22-12-16/h3-12,14H,13H2,1-2H3. The zero-order valence-electron chi connectivity index (χ0n) is 15.5. The first-order valence-corrected chi connectivity index (χ1v) is 9.54. The van der Waals surface area contributed by atoms with Crippen LogP contribution < -0.4 is 14.3 Å². The van der Waals surface area contributed by atoms with Crippen LogP contribution in [0.15, 0.2) is 75.9 Å². The smallest absolute Gasteiger partial charge is 0.190 e. The van der Waals surface area contributed by atoms with Gasteiger partial charge in [0.15, 0.2) is 22.1 Å². The molecular formula is C21H19N3O3S. The third kappa shape index (κ3) is 3.70. The molecule has 0 aliphatic carbocycles. The summed E-state index contributed by atoms with van der Waals surface area (Å²) < 4.78 is 18.5. The number of rotatable bonds is 6. The Kier molecular flexibility index (Phi) is 5.25. The third-order valence-corrected chi connectivity index (χ3v) is 5.09. The van der Waals surface area contributed by atoms with Gasteiger partial charge in [-0.1, -0.05) is 6.07 Å². The molecule has 0 aliphatic rings. The number of thiazole rings is 1. The molecule has 0 radical (unpaired) electrons. The van der Waals surface area contributed by atoms with Crippen LogP contribution >= 0.6 is 11.3 Å². The molecule has 3 aromatic heterocycles. The fourth-order valence-electron chi connectivity index (χ4n) is 2.89. The van der Waals surface area contributed by atoms with Gasteiger partial charge >= 0.3 is 0 Å². The number of methoxy groups -OCH3 is 2. The van der Waals surface area contributed by atoms with Crippen LogP contribution in [0.1, 0.15) is 5.56 Å². The molecule has 0 saturated heterocycles. The highest BCUT2D eigenvalue weighted by atomic mass is 32.1. The van der Waals surface area contributed by atoms with Gasteiger partial charge in [-0.3, -0.25) is 4.98 Å². The molecule has 0 bridgehead atoms. The molecule has 0 fully saturated rings. The van der Waals surface area contributed by atoms with E-state index in [1.807, 2.05) is 42.5 Å². The number of pyridine rings is 1. The molecule has 6 nitrogen and oxygen atoms in total. The zero-order chi connectivity index (χ0) is 19.3. The largest absolute Gasteiger partial charge is 0.493 e. The van der Waals surface area contributed by atoms with Crippen molar-refractivity contribution in [2.24, 2.45) is 4.99 Å². The molecule has 0 N–H and O–H groups in total. The Hall–Kier alpha value is -3.32. The molecule has 0 atom stereocenters. The lowest BCUT2D eigenvalue weighted by Crippen LogP contribution is -2.16. The van der Waals surface area contributed by atoms with Crippen LogP contribution in [0.25, 0.3) is 11.5 Å². The molecule has 1 aromatic carbocycles. The summed E-state index contributed by atoms with van der Waals surface area (Å²) >= 11 is 1.56. The predicted molar refractivity (Wildman–Crippen MR) is 108 cm³/mol. The number of aromatic nitrogens is 2. The second-order valence-electron chi connectivity index (χ2n) is 5.98. The van der Waals surface area contributed by atoms with E-state index in [9.17, 15) is 0 Å². The molecule has 3 heterocycles. The van der Waals surface area contributed by atoms with Crippen LogP contribution in [0.3, 0.4) is 0 Å². The van der Waals surface area contributed by atoms with Gasteiger partial charge in [0.05, 0.1) is 44.6 Å². The number of nitrogens with zero attached hydrogens (tertiary/aromatic N) is 3. The molecule has 142 valence electrons. The van der Waals surface area contributed by atoms with E-state index in [1.54, 1.807) is 44.2 Å². The summed E-state index contributed by atoms with van der Waals surface area (Å²) in [7, 11) is 3.27. The zero-order valence-corrected chi connectivity index (χ0v) is 16.3. The van der Waals surface area contributed by atoms with Crippen LogP contribution in [-0.2, 0) is 6.54 Å². The summed E-state index contributed by atoms with van der Waals surface area (Å²) in [6.45, 7) is 0.610. The van der Waals surface area contributed by atoms with Gasteiger partial charge in [0.2, 0.25) is 0 Å². The minimum atomic E-state index is 0.610. The Bertz CT molecular complexity index is 1120. The van der Waals surface area contributed by atoms with Crippen molar-refractivity contribution < 1.29 is 13.9 Å². The van der Waals surface area contributed by atoms with Gasteiger partial charge in [-0.15, -0.1) is 11.3 Å². The van der Waals surface area contributed by atoms with Crippen molar-refractivity contribution in [1.29, 1.82) is 0 Å². The van der Waals surface area contributed by atoms with Crippen molar-refractivity contribution in [2.75, 3.05) is 14.2 Å². The highest BCUT2D eigenvalue weighted by Gasteiger charge is 2.13. The van der Waals surface area contributed by atoms with Crippen molar-refractivity contribution in [1.82, 2.24) is 9.55 Å². The monoisotopic (exact) mass is 393 g/mol. The highest BCUT2D eigenvalue weighted by Crippen LogP contribution is 2.29. The van der Waals surface area contributed by atoms with Crippen molar-refractivity contribution in [2.45, 2.75) is 6.54 Å². The quantitative estimate of drug-likeness (QED) is 0.484. The summed E-state index contributed by atoms with van der Waals surface area (Å²) in [5.74, 6) is 2.19. The number of hydrogen-bond donors (Lipinski definition) is 0. The molecule has 0 aliphatic heterocycles. The van der Waals surface area contributed by atoms with E-state index >= 15 is 0 Å². The van der Waals surface area contributed by atoms with Gasteiger partial charge in [-0.05, 0) is 42.0 Å². The molecule has 0 unspecified atom stereocenters. The Morgan fingerprint density at radius 2 is 2.00 bits per heavy atom. The maximum Gasteiger partial charge on any atom is 0.190 e. The average molecular weight is 393 g/mol. The number of furan rings is 1. The van der Waals surface area contributed by atoms with Gasteiger partial charge in [0.1, 0.15) is 0 Å². The van der Waals surface area contributed by atoms with Crippen LogP contribution in [0, 0.1) is 0 Å². The van der Waals surface area contributed by atoms with Gasteiger partial charge in [-0.25, -0.2) is 4.99 Å². The van der Waals surface area contributed by atoms with E-state index < -0.39 is 0 Å². The van der Waals surface area contributed by atoms with E-state index in [0.29, 0.717) is 18.0 Å². The summed E-state index contributed by atoms with van der Waals surface area (Å²) in [5, 5.41) is 2.05. The maximum atomic E-state index is 5.63. The van der Waals surface area contributed by atoms with Crippen molar-refractivity contribution >= 4 is 17.0 Å². The van der Waals surface area contributed by atoms with E-state index in [2.05, 4.69) is 14.9 Å². The fraction of sp³-hybridized carbons (Fsp3) is 0.143. The summed E-state index contributed by atoms with van der Waals surface area (Å²) in [6.07, 6.45) is 5.15. The lowest BCUT2D eigenvalue weighted by Gasteiger charge is -2.11. The van der Waals surface area contributed by atoms with Gasteiger partial charge in [-0.2, -0.15) is 0 Å². The molecule has 0 amide bonds. The molecule has 0 saturated carbocycles. The van der Waals surface area contributed by atoms with E-state index in [-0.39, 0.29) is 0 Å². The first-order chi connectivity index (χ1) is 13.8. The van der Waals surface area contributed by atoms with Crippen LogP contribution in [0.2, 0.25) is 0 Å². The third-order valence-electron chi connectivity index (χ3n) is 4.23. The minimum absolute atomic E-state index is 0.610. The Morgan fingerprint density at radius 1 is 1.11 bits per heavy atom. The second kappa shape index (κ2) is 8.14. The number of benzene rings is 1. The van der Waals surface area contributed by atoms with E-state index in [0.717, 1.165) is 27.5 Å². The number of ether oxygens (including phenoxy) is 2. The first-order valence-electron chi connectivity index (χ1n) is 8.66.